The summed E-state index contributed by atoms with van der Waals surface area (Å²) in [4.78, 5) is 18.7. The number of carbonyl (C=O) groups excluding carboxylic acids is 1. The van der Waals surface area contributed by atoms with Crippen LogP contribution in [0.3, 0.4) is 0 Å². The number of pyridine rings is 1. The number of rotatable bonds is 4. The second-order valence-corrected chi connectivity index (χ2v) is 7.80. The highest BCUT2D eigenvalue weighted by Crippen LogP contribution is 2.19. The van der Waals surface area contributed by atoms with Crippen LogP contribution in [0.1, 0.15) is 39.3 Å². The van der Waals surface area contributed by atoms with Crippen LogP contribution < -0.4 is 5.32 Å². The fourth-order valence-corrected chi connectivity index (χ4v) is 3.33. The van der Waals surface area contributed by atoms with Crippen molar-refractivity contribution in [2.24, 2.45) is 5.92 Å². The van der Waals surface area contributed by atoms with Gasteiger partial charge >= 0.3 is 6.09 Å². The van der Waals surface area contributed by atoms with E-state index in [4.69, 9.17) is 4.74 Å². The Hall–Kier alpha value is -2.08. The summed E-state index contributed by atoms with van der Waals surface area (Å²) in [7, 11) is 0. The number of nitrogens with zero attached hydrogens (tertiary/aromatic N) is 3. The van der Waals surface area contributed by atoms with Crippen LogP contribution in [0.5, 0.6) is 0 Å². The highest BCUT2D eigenvalue weighted by atomic mass is 16.6. The van der Waals surface area contributed by atoms with E-state index < -0.39 is 5.60 Å². The molecule has 1 N–H and O–H groups in total. The predicted octanol–water partition coefficient (Wildman–Crippen LogP) is 3.07. The molecule has 25 heavy (non-hydrogen) atoms. The molecule has 2 aromatic heterocycles. The Morgan fingerprint density at radius 2 is 2.24 bits per heavy atom. The van der Waals surface area contributed by atoms with Crippen LogP contribution in [0.25, 0.3) is 5.65 Å². The summed E-state index contributed by atoms with van der Waals surface area (Å²) in [6, 6.07) is 6.06. The number of amides is 1. The van der Waals surface area contributed by atoms with Gasteiger partial charge in [0.15, 0.2) is 0 Å². The molecule has 1 fully saturated rings. The van der Waals surface area contributed by atoms with Gasteiger partial charge in [0, 0.05) is 25.8 Å². The lowest BCUT2D eigenvalue weighted by Gasteiger charge is -2.32. The minimum Gasteiger partial charge on any atom is -0.444 e. The number of fused-ring (bicyclic) bond motifs is 1. The van der Waals surface area contributed by atoms with Gasteiger partial charge in [-0.15, -0.1) is 0 Å². The van der Waals surface area contributed by atoms with E-state index in [1.165, 1.54) is 5.69 Å². The number of hydrogen-bond donors (Lipinski definition) is 1. The van der Waals surface area contributed by atoms with Gasteiger partial charge in [-0.05, 0) is 58.2 Å². The third-order valence-electron chi connectivity index (χ3n) is 4.42. The molecule has 2 aromatic rings. The monoisotopic (exact) mass is 344 g/mol. The number of nitrogens with one attached hydrogen (secondary N) is 1. The van der Waals surface area contributed by atoms with Gasteiger partial charge in [0.25, 0.3) is 0 Å². The standard InChI is InChI=1S/C19H28N4O2/c1-19(2,3)25-18(24)21-11-15-7-6-9-22(13-15)14-16-12-20-17-8-4-5-10-23(16)17/h4-5,8,10,12,15H,6-7,9,11,13-14H2,1-3H3,(H,21,24)/t15-/m1/s1. The number of hydrogen-bond acceptors (Lipinski definition) is 4. The van der Waals surface area contributed by atoms with Gasteiger partial charge < -0.3 is 14.5 Å². The molecule has 6 heteroatoms. The van der Waals surface area contributed by atoms with Crippen LogP contribution in [-0.2, 0) is 11.3 Å². The van der Waals surface area contributed by atoms with E-state index >= 15 is 0 Å². The van der Waals surface area contributed by atoms with E-state index in [0.29, 0.717) is 12.5 Å². The molecular formula is C19H28N4O2. The zero-order valence-electron chi connectivity index (χ0n) is 15.4. The van der Waals surface area contributed by atoms with Crippen LogP contribution in [0.2, 0.25) is 0 Å². The molecule has 1 atom stereocenters. The van der Waals surface area contributed by atoms with Gasteiger partial charge in [-0.25, -0.2) is 9.78 Å². The third-order valence-corrected chi connectivity index (χ3v) is 4.42. The van der Waals surface area contributed by atoms with Crippen molar-refractivity contribution < 1.29 is 9.53 Å². The Kier molecular flexibility index (Phi) is 5.27. The molecule has 0 radical (unpaired) electrons. The quantitative estimate of drug-likeness (QED) is 0.926. The Labute approximate surface area is 149 Å². The van der Waals surface area contributed by atoms with Crippen molar-refractivity contribution in [3.63, 3.8) is 0 Å². The number of imidazole rings is 1. The molecule has 6 nitrogen and oxygen atoms in total. The number of alkyl carbamates (subject to hydrolysis) is 1. The van der Waals surface area contributed by atoms with Crippen LogP contribution in [0, 0.1) is 5.92 Å². The fraction of sp³-hybridized carbons (Fsp3) is 0.579. The van der Waals surface area contributed by atoms with Crippen LogP contribution in [0.15, 0.2) is 30.6 Å². The summed E-state index contributed by atoms with van der Waals surface area (Å²) in [5.41, 5.74) is 1.74. The molecule has 0 aliphatic carbocycles. The Morgan fingerprint density at radius 1 is 1.40 bits per heavy atom. The third kappa shape index (κ3) is 4.95. The summed E-state index contributed by atoms with van der Waals surface area (Å²) in [6.07, 6.45) is 5.98. The number of likely N-dealkylation sites (tertiary alicyclic amines) is 1. The van der Waals surface area contributed by atoms with E-state index in [0.717, 1.165) is 38.1 Å². The summed E-state index contributed by atoms with van der Waals surface area (Å²) >= 11 is 0. The molecule has 0 aromatic carbocycles. The van der Waals surface area contributed by atoms with Crippen LogP contribution in [-0.4, -0.2) is 45.6 Å². The normalized spacial score (nSPS) is 19.1. The smallest absolute Gasteiger partial charge is 0.407 e. The van der Waals surface area contributed by atoms with E-state index in [9.17, 15) is 4.79 Å². The molecule has 1 saturated heterocycles. The van der Waals surface area contributed by atoms with Crippen LogP contribution in [0.4, 0.5) is 4.79 Å². The highest BCUT2D eigenvalue weighted by molar-refractivity contribution is 5.67. The van der Waals surface area contributed by atoms with Gasteiger partial charge in [-0.2, -0.15) is 0 Å². The molecule has 1 aliphatic heterocycles. The Morgan fingerprint density at radius 3 is 3.04 bits per heavy atom. The maximum atomic E-state index is 11.8. The van der Waals surface area contributed by atoms with Gasteiger partial charge in [-0.1, -0.05) is 6.07 Å². The first-order valence-corrected chi connectivity index (χ1v) is 9.01. The van der Waals surface area contributed by atoms with Crippen molar-refractivity contribution in [2.75, 3.05) is 19.6 Å². The summed E-state index contributed by atoms with van der Waals surface area (Å²) in [5.74, 6) is 0.459. The van der Waals surface area contributed by atoms with Gasteiger partial charge in [0.2, 0.25) is 0 Å². The maximum absolute atomic E-state index is 11.8. The highest BCUT2D eigenvalue weighted by Gasteiger charge is 2.22. The summed E-state index contributed by atoms with van der Waals surface area (Å²) in [6.45, 7) is 9.26. The number of ether oxygens (including phenoxy) is 1. The van der Waals surface area contributed by atoms with E-state index in [2.05, 4.69) is 25.8 Å². The van der Waals surface area contributed by atoms with Crippen molar-refractivity contribution in [1.82, 2.24) is 19.6 Å². The van der Waals surface area contributed by atoms with Crippen molar-refractivity contribution in [1.29, 1.82) is 0 Å². The Balaban J connectivity index is 1.52. The number of carbonyl (C=O) groups is 1. The lowest BCUT2D eigenvalue weighted by atomic mass is 9.98. The zero-order valence-corrected chi connectivity index (χ0v) is 15.4. The SMILES string of the molecule is CC(C)(C)OC(=O)NC[C@H]1CCCN(Cc2cnc3ccccn23)C1. The maximum Gasteiger partial charge on any atom is 0.407 e. The minimum atomic E-state index is -0.453. The number of piperidine rings is 1. The molecule has 3 heterocycles. The molecular weight excluding hydrogens is 316 g/mol. The summed E-state index contributed by atoms with van der Waals surface area (Å²) < 4.78 is 7.46. The molecule has 0 spiro atoms. The molecule has 0 bridgehead atoms. The molecule has 0 unspecified atom stereocenters. The van der Waals surface area contributed by atoms with E-state index in [-0.39, 0.29) is 6.09 Å². The van der Waals surface area contributed by atoms with E-state index in [1.807, 2.05) is 45.2 Å². The van der Waals surface area contributed by atoms with Crippen molar-refractivity contribution in [3.05, 3.63) is 36.3 Å². The minimum absolute atomic E-state index is 0.327. The average Bonchev–Trinajstić information content (AvgIpc) is 2.95. The van der Waals surface area contributed by atoms with Crippen LogP contribution >= 0.6 is 0 Å². The molecule has 1 amide bonds. The van der Waals surface area contributed by atoms with Gasteiger partial charge in [0.1, 0.15) is 11.2 Å². The molecule has 1 aliphatic rings. The molecule has 136 valence electrons. The Bertz CT molecular complexity index is 720. The average molecular weight is 344 g/mol. The number of aromatic nitrogens is 2. The fourth-order valence-electron chi connectivity index (χ4n) is 3.33. The lowest BCUT2D eigenvalue weighted by molar-refractivity contribution is 0.0506. The van der Waals surface area contributed by atoms with Crippen molar-refractivity contribution in [2.45, 2.75) is 45.8 Å². The van der Waals surface area contributed by atoms with Gasteiger partial charge in [0.05, 0.1) is 11.9 Å². The van der Waals surface area contributed by atoms with Gasteiger partial charge in [-0.3, -0.25) is 4.90 Å². The summed E-state index contributed by atoms with van der Waals surface area (Å²) in [5, 5.41) is 2.91. The van der Waals surface area contributed by atoms with Crippen molar-refractivity contribution in [3.8, 4) is 0 Å². The lowest BCUT2D eigenvalue weighted by Crippen LogP contribution is -2.42. The zero-order chi connectivity index (χ0) is 17.9. The molecule has 3 rings (SSSR count). The van der Waals surface area contributed by atoms with E-state index in [1.54, 1.807) is 0 Å². The predicted molar refractivity (Wildman–Crippen MR) is 97.4 cm³/mol. The first-order valence-electron chi connectivity index (χ1n) is 9.01. The van der Waals surface area contributed by atoms with Crippen molar-refractivity contribution >= 4 is 11.7 Å². The largest absolute Gasteiger partial charge is 0.444 e. The first kappa shape index (κ1) is 17.7. The topological polar surface area (TPSA) is 58.9 Å². The second-order valence-electron chi connectivity index (χ2n) is 7.80. The first-order chi connectivity index (χ1) is 11.9. The molecule has 0 saturated carbocycles. The second kappa shape index (κ2) is 7.44.